The third kappa shape index (κ3) is 4.03. The van der Waals surface area contributed by atoms with Crippen molar-refractivity contribution in [2.75, 3.05) is 13.7 Å². The zero-order chi connectivity index (χ0) is 17.5. The minimum Gasteiger partial charge on any atom is -0.492 e. The first-order chi connectivity index (χ1) is 11.6. The molecule has 2 rings (SSSR count). The Morgan fingerprint density at radius 2 is 2.00 bits per heavy atom. The molecule has 0 N–H and O–H groups in total. The molecule has 5 heteroatoms. The van der Waals surface area contributed by atoms with Crippen molar-refractivity contribution in [1.29, 1.82) is 5.26 Å². The van der Waals surface area contributed by atoms with Crippen LogP contribution in [0.15, 0.2) is 52.5 Å². The third-order valence-corrected chi connectivity index (χ3v) is 3.84. The smallest absolute Gasteiger partial charge is 0.203 e. The quantitative estimate of drug-likeness (QED) is 0.412. The van der Waals surface area contributed by atoms with Gasteiger partial charge in [-0.3, -0.25) is 4.79 Å². The molecule has 0 aliphatic carbocycles. The number of hydrogen-bond donors (Lipinski definition) is 0. The number of carbonyl (C=O) groups excluding carboxylic acids is 1. The molecule has 0 unspecified atom stereocenters. The number of Topliss-reactive ketones (excluding diaryl/α,β-unsaturated/α-hetero) is 1. The summed E-state index contributed by atoms with van der Waals surface area (Å²) in [5.41, 5.74) is 1.20. The number of allylic oxidation sites excluding steroid dienone is 1. The summed E-state index contributed by atoms with van der Waals surface area (Å²) in [5.74, 6) is 0.801. The zero-order valence-electron chi connectivity index (χ0n) is 13.4. The zero-order valence-corrected chi connectivity index (χ0v) is 15.0. The van der Waals surface area contributed by atoms with Gasteiger partial charge in [0.1, 0.15) is 11.6 Å². The van der Waals surface area contributed by atoms with Crippen molar-refractivity contribution in [1.82, 2.24) is 0 Å². The van der Waals surface area contributed by atoms with Crippen LogP contribution in [0.5, 0.6) is 11.5 Å². The number of ether oxygens (including phenoxy) is 2. The molecule has 0 heterocycles. The fourth-order valence-corrected chi connectivity index (χ4v) is 2.81. The van der Waals surface area contributed by atoms with Gasteiger partial charge < -0.3 is 9.47 Å². The van der Waals surface area contributed by atoms with Crippen LogP contribution in [0.3, 0.4) is 0 Å². The van der Waals surface area contributed by atoms with Gasteiger partial charge in [0.25, 0.3) is 0 Å². The van der Waals surface area contributed by atoms with E-state index in [0.717, 1.165) is 0 Å². The van der Waals surface area contributed by atoms with Gasteiger partial charge in [0, 0.05) is 5.56 Å². The van der Waals surface area contributed by atoms with Crippen LogP contribution in [0.1, 0.15) is 22.8 Å². The first-order valence-corrected chi connectivity index (χ1v) is 8.11. The van der Waals surface area contributed by atoms with Crippen LogP contribution in [0.25, 0.3) is 6.08 Å². The topological polar surface area (TPSA) is 59.3 Å². The van der Waals surface area contributed by atoms with Crippen molar-refractivity contribution < 1.29 is 14.3 Å². The van der Waals surface area contributed by atoms with E-state index in [1.54, 1.807) is 49.6 Å². The Morgan fingerprint density at radius 3 is 2.58 bits per heavy atom. The monoisotopic (exact) mass is 385 g/mol. The van der Waals surface area contributed by atoms with Crippen molar-refractivity contribution in [3.8, 4) is 17.6 Å². The Bertz CT molecular complexity index is 807. The Morgan fingerprint density at radius 1 is 1.29 bits per heavy atom. The van der Waals surface area contributed by atoms with Gasteiger partial charge in [-0.05, 0) is 46.6 Å². The minimum atomic E-state index is -0.317. The van der Waals surface area contributed by atoms with Crippen molar-refractivity contribution in [3.63, 3.8) is 0 Å². The van der Waals surface area contributed by atoms with Crippen molar-refractivity contribution in [3.05, 3.63) is 63.6 Å². The molecule has 0 aliphatic rings. The highest BCUT2D eigenvalue weighted by molar-refractivity contribution is 9.10. The number of hydrogen-bond acceptors (Lipinski definition) is 4. The van der Waals surface area contributed by atoms with Gasteiger partial charge in [-0.1, -0.05) is 30.3 Å². The van der Waals surface area contributed by atoms with E-state index in [4.69, 9.17) is 9.47 Å². The Hall–Kier alpha value is -2.58. The van der Waals surface area contributed by atoms with E-state index < -0.39 is 0 Å². The largest absolute Gasteiger partial charge is 0.492 e. The second-order valence-electron chi connectivity index (χ2n) is 4.83. The molecule has 0 saturated carbocycles. The van der Waals surface area contributed by atoms with Crippen LogP contribution in [0, 0.1) is 11.3 Å². The van der Waals surface area contributed by atoms with E-state index in [9.17, 15) is 10.1 Å². The fraction of sp³-hybridized carbons (Fsp3) is 0.158. The van der Waals surface area contributed by atoms with E-state index in [0.29, 0.717) is 33.7 Å². The van der Waals surface area contributed by atoms with Crippen LogP contribution in [0.4, 0.5) is 0 Å². The summed E-state index contributed by atoms with van der Waals surface area (Å²) >= 11 is 3.42. The highest BCUT2D eigenvalue weighted by Gasteiger charge is 2.14. The number of carbonyl (C=O) groups is 1. The molecule has 2 aromatic carbocycles. The standard InChI is InChI=1S/C19H16BrNO3/c1-3-24-17-11-13(10-16(20)19(17)23-2)9-15(12-21)18(22)14-7-5-4-6-8-14/h4-11H,3H2,1-2H3/b15-9-. The highest BCUT2D eigenvalue weighted by atomic mass is 79.9. The second kappa shape index (κ2) is 8.32. The number of methoxy groups -OCH3 is 1. The summed E-state index contributed by atoms with van der Waals surface area (Å²) in [6, 6.07) is 14.2. The first-order valence-electron chi connectivity index (χ1n) is 7.32. The van der Waals surface area contributed by atoms with Crippen molar-refractivity contribution >= 4 is 27.8 Å². The summed E-state index contributed by atoms with van der Waals surface area (Å²) in [4.78, 5) is 12.4. The highest BCUT2D eigenvalue weighted by Crippen LogP contribution is 2.37. The molecule has 0 radical (unpaired) electrons. The first kappa shape index (κ1) is 17.8. The van der Waals surface area contributed by atoms with Crippen LogP contribution < -0.4 is 9.47 Å². The molecule has 4 nitrogen and oxygen atoms in total. The molecule has 0 aliphatic heterocycles. The molecule has 0 fully saturated rings. The minimum absolute atomic E-state index is 0.0562. The molecule has 0 spiro atoms. The van der Waals surface area contributed by atoms with Gasteiger partial charge in [-0.2, -0.15) is 5.26 Å². The fourth-order valence-electron chi connectivity index (χ4n) is 2.19. The molecule has 0 bridgehead atoms. The number of benzene rings is 2. The summed E-state index contributed by atoms with van der Waals surface area (Å²) in [7, 11) is 1.55. The molecule has 122 valence electrons. The SMILES string of the molecule is CCOc1cc(/C=C(/C#N)C(=O)c2ccccc2)cc(Br)c1OC. The maximum atomic E-state index is 12.4. The normalized spacial score (nSPS) is 10.8. The van der Waals surface area contributed by atoms with E-state index in [1.165, 1.54) is 0 Å². The molecule has 0 amide bonds. The third-order valence-electron chi connectivity index (χ3n) is 3.25. The second-order valence-corrected chi connectivity index (χ2v) is 5.69. The van der Waals surface area contributed by atoms with Gasteiger partial charge in [0.15, 0.2) is 11.5 Å². The summed E-state index contributed by atoms with van der Waals surface area (Å²) < 4.78 is 11.6. The number of ketones is 1. The van der Waals surface area contributed by atoms with E-state index >= 15 is 0 Å². The predicted octanol–water partition coefficient (Wildman–Crippen LogP) is 4.65. The maximum Gasteiger partial charge on any atom is 0.203 e. The molecular weight excluding hydrogens is 370 g/mol. The van der Waals surface area contributed by atoms with E-state index in [1.807, 2.05) is 19.1 Å². The number of nitrogens with zero attached hydrogens (tertiary/aromatic N) is 1. The lowest BCUT2D eigenvalue weighted by Crippen LogP contribution is -2.02. The summed E-state index contributed by atoms with van der Waals surface area (Å²) in [6.07, 6.45) is 1.54. The van der Waals surface area contributed by atoms with E-state index in [2.05, 4.69) is 15.9 Å². The number of nitriles is 1. The predicted molar refractivity (Wildman–Crippen MR) is 96.2 cm³/mol. The van der Waals surface area contributed by atoms with Crippen LogP contribution in [-0.4, -0.2) is 19.5 Å². The molecule has 2 aromatic rings. The molecular formula is C19H16BrNO3. The average Bonchev–Trinajstić information content (AvgIpc) is 2.60. The summed E-state index contributed by atoms with van der Waals surface area (Å²) in [5, 5.41) is 9.36. The van der Waals surface area contributed by atoms with Crippen molar-refractivity contribution in [2.45, 2.75) is 6.92 Å². The van der Waals surface area contributed by atoms with Crippen LogP contribution in [0.2, 0.25) is 0 Å². The summed E-state index contributed by atoms with van der Waals surface area (Å²) in [6.45, 7) is 2.35. The van der Waals surface area contributed by atoms with Gasteiger partial charge in [-0.15, -0.1) is 0 Å². The molecule has 0 atom stereocenters. The Balaban J connectivity index is 2.45. The Labute approximate surface area is 149 Å². The molecule has 24 heavy (non-hydrogen) atoms. The lowest BCUT2D eigenvalue weighted by Gasteiger charge is -2.12. The average molecular weight is 386 g/mol. The van der Waals surface area contributed by atoms with Crippen LogP contribution in [-0.2, 0) is 0 Å². The van der Waals surface area contributed by atoms with Gasteiger partial charge >= 0.3 is 0 Å². The number of halogens is 1. The number of rotatable bonds is 6. The van der Waals surface area contributed by atoms with Gasteiger partial charge in [0.2, 0.25) is 5.78 Å². The lowest BCUT2D eigenvalue weighted by molar-refractivity contribution is 0.104. The molecule has 0 saturated heterocycles. The van der Waals surface area contributed by atoms with Gasteiger partial charge in [-0.25, -0.2) is 0 Å². The van der Waals surface area contributed by atoms with Gasteiger partial charge in [0.05, 0.1) is 18.2 Å². The Kier molecular flexibility index (Phi) is 6.16. The maximum absolute atomic E-state index is 12.4. The van der Waals surface area contributed by atoms with Crippen LogP contribution >= 0.6 is 15.9 Å². The van der Waals surface area contributed by atoms with Crippen molar-refractivity contribution in [2.24, 2.45) is 0 Å². The van der Waals surface area contributed by atoms with E-state index in [-0.39, 0.29) is 11.4 Å². The molecule has 0 aromatic heterocycles. The lowest BCUT2D eigenvalue weighted by atomic mass is 10.0.